The molecule has 1 aromatic heterocycles. The molecule has 2 N–H and O–H groups in total. The Kier molecular flexibility index (Phi) is 7.17. The van der Waals surface area contributed by atoms with Crippen molar-refractivity contribution in [3.8, 4) is 0 Å². The molecular weight excluding hydrogens is 555 g/mol. The molecule has 188 valence electrons. The van der Waals surface area contributed by atoms with Crippen molar-refractivity contribution in [3.05, 3.63) is 52.4 Å². The van der Waals surface area contributed by atoms with Gasteiger partial charge in [0.2, 0.25) is 0 Å². The number of carbonyl (C=O) groups excluding carboxylic acids is 1. The molecule has 0 aliphatic carbocycles. The van der Waals surface area contributed by atoms with E-state index in [0.717, 1.165) is 18.0 Å². The number of nitrogens with one attached hydrogen (secondary N) is 2. The van der Waals surface area contributed by atoms with Crippen molar-refractivity contribution in [2.45, 2.75) is 16.0 Å². The Bertz CT molecular complexity index is 1390. The van der Waals surface area contributed by atoms with Crippen LogP contribution < -0.4 is 4.72 Å². The lowest BCUT2D eigenvalue weighted by molar-refractivity contribution is -0.186. The largest absolute Gasteiger partial charge is 0.471 e. The number of carbonyl (C=O) groups is 1. The summed E-state index contributed by atoms with van der Waals surface area (Å²) in [5.74, 6) is -2.73. The van der Waals surface area contributed by atoms with Crippen LogP contribution in [0.25, 0.3) is 10.9 Å². The Balaban J connectivity index is 1.46. The molecule has 35 heavy (non-hydrogen) atoms. The number of alkyl halides is 3. The second-order valence-electron chi connectivity index (χ2n) is 7.49. The highest BCUT2D eigenvalue weighted by molar-refractivity contribution is 7.97. The first-order valence-electron chi connectivity index (χ1n) is 9.93. The molecule has 0 atom stereocenters. The number of amides is 1. The lowest BCUT2D eigenvalue weighted by Gasteiger charge is -2.34. The fraction of sp³-hybridized carbons (Fsp3) is 0.250. The van der Waals surface area contributed by atoms with E-state index in [1.165, 1.54) is 30.5 Å². The molecule has 1 saturated heterocycles. The molecule has 0 bridgehead atoms. The van der Waals surface area contributed by atoms with E-state index in [-0.39, 0.29) is 41.7 Å². The van der Waals surface area contributed by atoms with Crippen molar-refractivity contribution >= 4 is 67.7 Å². The van der Waals surface area contributed by atoms with E-state index < -0.39 is 27.9 Å². The molecule has 0 saturated carbocycles. The number of aromatic nitrogens is 1. The van der Waals surface area contributed by atoms with E-state index in [9.17, 15) is 30.8 Å². The standard InChI is InChI=1S/C20H16Cl2F4N4O3S2/c21-12-2-3-15(18-17(12)13(22)10-27-18)28-35(32,33)11-1-4-16(14(23)9-11)34-30-7-5-29(6-8-30)19(31)20(24,25)26/h1-4,9-10,27-28H,5-8H2. The first-order chi connectivity index (χ1) is 16.4. The molecule has 1 aliphatic rings. The minimum atomic E-state index is -4.94. The van der Waals surface area contributed by atoms with Crippen LogP contribution in [0.15, 0.2) is 46.3 Å². The van der Waals surface area contributed by atoms with Crippen LogP contribution in [0.5, 0.6) is 0 Å². The topological polar surface area (TPSA) is 85.5 Å². The second-order valence-corrected chi connectivity index (χ2v) is 11.1. The molecule has 0 radical (unpaired) electrons. The summed E-state index contributed by atoms with van der Waals surface area (Å²) in [6.07, 6.45) is -3.48. The number of anilines is 1. The lowest BCUT2D eigenvalue weighted by atomic mass is 10.2. The number of fused-ring (bicyclic) bond motifs is 1. The molecule has 1 amide bonds. The zero-order valence-corrected chi connectivity index (χ0v) is 20.6. The highest BCUT2D eigenvalue weighted by atomic mass is 35.5. The fourth-order valence-electron chi connectivity index (χ4n) is 3.48. The van der Waals surface area contributed by atoms with Gasteiger partial charge in [0.1, 0.15) is 5.82 Å². The highest BCUT2D eigenvalue weighted by Gasteiger charge is 2.43. The maximum atomic E-state index is 14.8. The Morgan fingerprint density at radius 3 is 2.37 bits per heavy atom. The van der Waals surface area contributed by atoms with Crippen LogP contribution in [-0.2, 0) is 14.8 Å². The SMILES string of the molecule is O=C(N1CCN(Sc2ccc(S(=O)(=O)Nc3ccc(Cl)c4c(Cl)c[nH]c34)cc2F)CC1)C(F)(F)F. The number of aromatic amines is 1. The van der Waals surface area contributed by atoms with Crippen molar-refractivity contribution in [3.63, 3.8) is 0 Å². The van der Waals surface area contributed by atoms with Crippen LogP contribution in [0.3, 0.4) is 0 Å². The molecule has 2 heterocycles. The summed E-state index contributed by atoms with van der Waals surface area (Å²) in [7, 11) is -4.18. The van der Waals surface area contributed by atoms with E-state index in [4.69, 9.17) is 23.2 Å². The van der Waals surface area contributed by atoms with Gasteiger partial charge in [-0.3, -0.25) is 9.52 Å². The highest BCUT2D eigenvalue weighted by Crippen LogP contribution is 2.36. The van der Waals surface area contributed by atoms with Crippen LogP contribution in [-0.4, -0.2) is 60.9 Å². The molecule has 1 fully saturated rings. The van der Waals surface area contributed by atoms with E-state index >= 15 is 0 Å². The molecule has 15 heteroatoms. The van der Waals surface area contributed by atoms with E-state index in [2.05, 4.69) is 9.71 Å². The number of halogens is 6. The van der Waals surface area contributed by atoms with E-state index in [0.29, 0.717) is 25.8 Å². The Morgan fingerprint density at radius 1 is 1.06 bits per heavy atom. The normalized spacial score (nSPS) is 15.5. The van der Waals surface area contributed by atoms with Crippen molar-refractivity contribution in [1.29, 1.82) is 0 Å². The smallest absolute Gasteiger partial charge is 0.358 e. The number of hydrogen-bond donors (Lipinski definition) is 2. The zero-order chi connectivity index (χ0) is 25.5. The quantitative estimate of drug-likeness (QED) is 0.328. The van der Waals surface area contributed by atoms with Gasteiger partial charge in [-0.25, -0.2) is 17.1 Å². The molecule has 7 nitrogen and oxygen atoms in total. The third-order valence-electron chi connectivity index (χ3n) is 5.19. The summed E-state index contributed by atoms with van der Waals surface area (Å²) in [5.41, 5.74) is 0.531. The van der Waals surface area contributed by atoms with Gasteiger partial charge < -0.3 is 9.88 Å². The second kappa shape index (κ2) is 9.69. The third-order valence-corrected chi connectivity index (χ3v) is 8.32. The predicted octanol–water partition coefficient (Wildman–Crippen LogP) is 5.13. The molecule has 0 spiro atoms. The van der Waals surface area contributed by atoms with E-state index in [1.807, 2.05) is 0 Å². The van der Waals surface area contributed by atoms with Crippen LogP contribution in [0.4, 0.5) is 23.2 Å². The maximum Gasteiger partial charge on any atom is 0.471 e. The van der Waals surface area contributed by atoms with Crippen molar-refractivity contribution < 1.29 is 30.8 Å². The number of hydrogen-bond acceptors (Lipinski definition) is 5. The lowest BCUT2D eigenvalue weighted by Crippen LogP contribution is -2.50. The molecule has 3 aromatic rings. The molecule has 1 aliphatic heterocycles. The van der Waals surface area contributed by atoms with Crippen LogP contribution >= 0.6 is 35.1 Å². The number of piperazine rings is 1. The first-order valence-corrected chi connectivity index (χ1v) is 12.9. The molecule has 0 unspecified atom stereocenters. The molecular formula is C20H16Cl2F4N4O3S2. The monoisotopic (exact) mass is 570 g/mol. The van der Waals surface area contributed by atoms with Gasteiger partial charge in [-0.1, -0.05) is 23.2 Å². The van der Waals surface area contributed by atoms with Crippen LogP contribution in [0.1, 0.15) is 0 Å². The van der Waals surface area contributed by atoms with Crippen molar-refractivity contribution in [2.75, 3.05) is 30.9 Å². The summed E-state index contributed by atoms with van der Waals surface area (Å²) in [6, 6.07) is 6.25. The average Bonchev–Trinajstić information content (AvgIpc) is 3.19. The number of H-pyrrole nitrogens is 1. The minimum absolute atomic E-state index is 0.0821. The Hall–Kier alpha value is -2.19. The maximum absolute atomic E-state index is 14.8. The van der Waals surface area contributed by atoms with Gasteiger partial charge in [-0.15, -0.1) is 0 Å². The fourth-order valence-corrected chi connectivity index (χ4v) is 6.02. The van der Waals surface area contributed by atoms with Gasteiger partial charge in [0.15, 0.2) is 0 Å². The van der Waals surface area contributed by atoms with Crippen molar-refractivity contribution in [1.82, 2.24) is 14.2 Å². The van der Waals surface area contributed by atoms with Gasteiger partial charge in [0.05, 0.1) is 31.0 Å². The van der Waals surface area contributed by atoms with Gasteiger partial charge in [0.25, 0.3) is 10.0 Å². The van der Waals surface area contributed by atoms with Gasteiger partial charge in [-0.05, 0) is 42.3 Å². The summed E-state index contributed by atoms with van der Waals surface area (Å²) in [6.45, 7) is -0.166. The Morgan fingerprint density at radius 2 is 1.74 bits per heavy atom. The number of benzene rings is 2. The summed E-state index contributed by atoms with van der Waals surface area (Å²) >= 11 is 13.1. The predicted molar refractivity (Wildman–Crippen MR) is 126 cm³/mol. The zero-order valence-electron chi connectivity index (χ0n) is 17.5. The first kappa shape index (κ1) is 25.9. The Labute approximate surface area is 211 Å². The van der Waals surface area contributed by atoms with Crippen LogP contribution in [0.2, 0.25) is 10.0 Å². The third kappa shape index (κ3) is 5.48. The van der Waals surface area contributed by atoms with Crippen molar-refractivity contribution in [2.24, 2.45) is 0 Å². The van der Waals surface area contributed by atoms with Crippen LogP contribution in [0, 0.1) is 5.82 Å². The summed E-state index contributed by atoms with van der Waals surface area (Å²) in [5, 5.41) is 1.07. The number of nitrogens with zero attached hydrogens (tertiary/aromatic N) is 2. The minimum Gasteiger partial charge on any atom is -0.358 e. The number of sulfonamides is 1. The molecule has 2 aromatic carbocycles. The van der Waals surface area contributed by atoms with E-state index in [1.54, 1.807) is 4.31 Å². The summed E-state index contributed by atoms with van der Waals surface area (Å²) in [4.78, 5) is 14.6. The summed E-state index contributed by atoms with van der Waals surface area (Å²) < 4.78 is 82.2. The average molecular weight is 571 g/mol. The number of rotatable bonds is 5. The van der Waals surface area contributed by atoms with Gasteiger partial charge >= 0.3 is 12.1 Å². The molecule has 4 rings (SSSR count). The van der Waals surface area contributed by atoms with Gasteiger partial charge in [-0.2, -0.15) is 13.2 Å². The van der Waals surface area contributed by atoms with Gasteiger partial charge in [0, 0.05) is 37.8 Å².